The van der Waals surface area contributed by atoms with E-state index in [1.807, 2.05) is 19.9 Å². The number of rotatable bonds is 4. The van der Waals surface area contributed by atoms with E-state index in [4.69, 9.17) is 5.11 Å². The molecule has 0 radical (unpaired) electrons. The average Bonchev–Trinajstić information content (AvgIpc) is 2.15. The van der Waals surface area contributed by atoms with Crippen LogP contribution < -0.4 is 5.32 Å². The number of anilines is 1. The van der Waals surface area contributed by atoms with Crippen molar-refractivity contribution < 1.29 is 9.90 Å². The molecule has 3 nitrogen and oxygen atoms in total. The molecule has 0 fully saturated rings. The maximum atomic E-state index is 11.0. The third-order valence-electron chi connectivity index (χ3n) is 2.07. The van der Waals surface area contributed by atoms with Crippen LogP contribution in [0.2, 0.25) is 0 Å². The SMILES string of the molecule is C=C(C)CNc1c(C)cccc1C(=O)O. The molecule has 80 valence electrons. The zero-order chi connectivity index (χ0) is 11.4. The van der Waals surface area contributed by atoms with Gasteiger partial charge in [0.2, 0.25) is 0 Å². The van der Waals surface area contributed by atoms with E-state index in [-0.39, 0.29) is 0 Å². The molecule has 2 N–H and O–H groups in total. The largest absolute Gasteiger partial charge is 0.478 e. The molecule has 0 atom stereocenters. The van der Waals surface area contributed by atoms with Crippen LogP contribution in [-0.4, -0.2) is 17.6 Å². The van der Waals surface area contributed by atoms with Crippen LogP contribution in [0.3, 0.4) is 0 Å². The van der Waals surface area contributed by atoms with Gasteiger partial charge in [-0.25, -0.2) is 4.79 Å². The van der Waals surface area contributed by atoms with Crippen molar-refractivity contribution in [1.82, 2.24) is 0 Å². The number of para-hydroxylation sites is 1. The van der Waals surface area contributed by atoms with Crippen molar-refractivity contribution >= 4 is 11.7 Å². The van der Waals surface area contributed by atoms with Crippen molar-refractivity contribution in [3.63, 3.8) is 0 Å². The van der Waals surface area contributed by atoms with E-state index in [2.05, 4.69) is 11.9 Å². The predicted octanol–water partition coefficient (Wildman–Crippen LogP) is 2.68. The van der Waals surface area contributed by atoms with Gasteiger partial charge < -0.3 is 10.4 Å². The average molecular weight is 205 g/mol. The topological polar surface area (TPSA) is 49.3 Å². The summed E-state index contributed by atoms with van der Waals surface area (Å²) in [5, 5.41) is 12.1. The molecule has 3 heteroatoms. The lowest BCUT2D eigenvalue weighted by atomic mass is 10.1. The van der Waals surface area contributed by atoms with E-state index in [0.717, 1.165) is 11.1 Å². The fourth-order valence-corrected chi connectivity index (χ4v) is 1.32. The summed E-state index contributed by atoms with van der Waals surface area (Å²) in [5.74, 6) is -0.914. The minimum Gasteiger partial charge on any atom is -0.478 e. The Labute approximate surface area is 89.4 Å². The van der Waals surface area contributed by atoms with Gasteiger partial charge in [-0.15, -0.1) is 0 Å². The Kier molecular flexibility index (Phi) is 3.50. The van der Waals surface area contributed by atoms with Gasteiger partial charge in [0.15, 0.2) is 0 Å². The highest BCUT2D eigenvalue weighted by molar-refractivity contribution is 5.95. The molecule has 0 aromatic heterocycles. The molecular weight excluding hydrogens is 190 g/mol. The summed E-state index contributed by atoms with van der Waals surface area (Å²) in [7, 11) is 0. The minimum atomic E-state index is -0.914. The summed E-state index contributed by atoms with van der Waals surface area (Å²) in [6, 6.07) is 5.22. The second-order valence-corrected chi connectivity index (χ2v) is 3.61. The van der Waals surface area contributed by atoms with E-state index in [0.29, 0.717) is 17.8 Å². The molecule has 1 aromatic carbocycles. The molecule has 0 aliphatic rings. The zero-order valence-corrected chi connectivity index (χ0v) is 9.00. The van der Waals surface area contributed by atoms with Crippen molar-refractivity contribution in [1.29, 1.82) is 0 Å². The van der Waals surface area contributed by atoms with Gasteiger partial charge in [-0.1, -0.05) is 24.3 Å². The number of benzene rings is 1. The molecule has 0 heterocycles. The van der Waals surface area contributed by atoms with E-state index in [1.54, 1.807) is 12.1 Å². The Hall–Kier alpha value is -1.77. The van der Waals surface area contributed by atoms with Crippen LogP contribution in [0.4, 0.5) is 5.69 Å². The van der Waals surface area contributed by atoms with Crippen LogP contribution in [0.25, 0.3) is 0 Å². The molecule has 0 bridgehead atoms. The van der Waals surface area contributed by atoms with Crippen molar-refractivity contribution in [3.8, 4) is 0 Å². The van der Waals surface area contributed by atoms with Crippen LogP contribution >= 0.6 is 0 Å². The third kappa shape index (κ3) is 2.84. The van der Waals surface area contributed by atoms with Crippen molar-refractivity contribution in [2.75, 3.05) is 11.9 Å². The summed E-state index contributed by atoms with van der Waals surface area (Å²) >= 11 is 0. The molecule has 0 amide bonds. The maximum Gasteiger partial charge on any atom is 0.337 e. The lowest BCUT2D eigenvalue weighted by Crippen LogP contribution is -2.09. The van der Waals surface area contributed by atoms with Gasteiger partial charge in [-0.2, -0.15) is 0 Å². The number of nitrogens with one attached hydrogen (secondary N) is 1. The second kappa shape index (κ2) is 4.64. The Bertz CT molecular complexity index is 397. The van der Waals surface area contributed by atoms with Crippen LogP contribution in [-0.2, 0) is 0 Å². The van der Waals surface area contributed by atoms with Crippen LogP contribution in [0, 0.1) is 6.92 Å². The van der Waals surface area contributed by atoms with Gasteiger partial charge in [-0.05, 0) is 25.5 Å². The van der Waals surface area contributed by atoms with E-state index in [1.165, 1.54) is 0 Å². The van der Waals surface area contributed by atoms with Crippen LogP contribution in [0.5, 0.6) is 0 Å². The van der Waals surface area contributed by atoms with Gasteiger partial charge in [0, 0.05) is 6.54 Å². The first-order valence-electron chi connectivity index (χ1n) is 4.73. The number of carboxylic acids is 1. The number of hydrogen-bond acceptors (Lipinski definition) is 2. The quantitative estimate of drug-likeness (QED) is 0.743. The zero-order valence-electron chi connectivity index (χ0n) is 9.00. The maximum absolute atomic E-state index is 11.0. The summed E-state index contributed by atoms with van der Waals surface area (Å²) in [5.41, 5.74) is 2.87. The molecule has 0 aliphatic carbocycles. The number of carbonyl (C=O) groups is 1. The summed E-state index contributed by atoms with van der Waals surface area (Å²) in [6.45, 7) is 8.13. The van der Waals surface area contributed by atoms with Crippen molar-refractivity contribution in [3.05, 3.63) is 41.5 Å². The fraction of sp³-hybridized carbons (Fsp3) is 0.250. The first-order valence-corrected chi connectivity index (χ1v) is 4.73. The summed E-state index contributed by atoms with van der Waals surface area (Å²) in [6.07, 6.45) is 0. The number of carboxylic acid groups (broad SMARTS) is 1. The molecular formula is C12H15NO2. The highest BCUT2D eigenvalue weighted by atomic mass is 16.4. The molecule has 0 aliphatic heterocycles. The first-order chi connectivity index (χ1) is 7.02. The van der Waals surface area contributed by atoms with E-state index in [9.17, 15) is 4.79 Å². The van der Waals surface area contributed by atoms with Crippen LogP contribution in [0.15, 0.2) is 30.4 Å². The monoisotopic (exact) mass is 205 g/mol. The highest BCUT2D eigenvalue weighted by Crippen LogP contribution is 2.20. The number of hydrogen-bond donors (Lipinski definition) is 2. The van der Waals surface area contributed by atoms with Gasteiger partial charge in [0.1, 0.15) is 0 Å². The summed E-state index contributed by atoms with van der Waals surface area (Å²) < 4.78 is 0. The normalized spacial score (nSPS) is 9.73. The lowest BCUT2D eigenvalue weighted by molar-refractivity contribution is 0.0698. The molecule has 0 unspecified atom stereocenters. The fourth-order valence-electron chi connectivity index (χ4n) is 1.32. The van der Waals surface area contributed by atoms with Crippen molar-refractivity contribution in [2.24, 2.45) is 0 Å². The predicted molar refractivity (Wildman–Crippen MR) is 61.4 cm³/mol. The molecule has 1 rings (SSSR count). The number of aromatic carboxylic acids is 1. The third-order valence-corrected chi connectivity index (χ3v) is 2.07. The molecule has 0 spiro atoms. The van der Waals surface area contributed by atoms with E-state index >= 15 is 0 Å². The molecule has 1 aromatic rings. The highest BCUT2D eigenvalue weighted by Gasteiger charge is 2.10. The van der Waals surface area contributed by atoms with Gasteiger partial charge >= 0.3 is 5.97 Å². The second-order valence-electron chi connectivity index (χ2n) is 3.61. The Morgan fingerprint density at radius 3 is 2.73 bits per heavy atom. The number of aryl methyl sites for hydroxylation is 1. The Morgan fingerprint density at radius 2 is 2.20 bits per heavy atom. The molecule has 15 heavy (non-hydrogen) atoms. The van der Waals surface area contributed by atoms with Crippen LogP contribution in [0.1, 0.15) is 22.8 Å². The standard InChI is InChI=1S/C12H15NO2/c1-8(2)7-13-11-9(3)5-4-6-10(11)12(14)15/h4-6,13H,1,7H2,2-3H3,(H,14,15). The van der Waals surface area contributed by atoms with Gasteiger partial charge in [0.05, 0.1) is 11.3 Å². The first kappa shape index (κ1) is 11.3. The lowest BCUT2D eigenvalue weighted by Gasteiger charge is -2.12. The molecule has 0 saturated heterocycles. The Morgan fingerprint density at radius 1 is 1.53 bits per heavy atom. The van der Waals surface area contributed by atoms with Crippen molar-refractivity contribution in [2.45, 2.75) is 13.8 Å². The molecule has 0 saturated carbocycles. The Balaban J connectivity index is 3.02. The van der Waals surface area contributed by atoms with E-state index < -0.39 is 5.97 Å². The minimum absolute atomic E-state index is 0.302. The van der Waals surface area contributed by atoms with Gasteiger partial charge in [-0.3, -0.25) is 0 Å². The van der Waals surface area contributed by atoms with Gasteiger partial charge in [0.25, 0.3) is 0 Å². The smallest absolute Gasteiger partial charge is 0.337 e. The summed E-state index contributed by atoms with van der Waals surface area (Å²) in [4.78, 5) is 11.0.